The number of nitrogens with one attached hydrogen (secondary N) is 2. The van der Waals surface area contributed by atoms with Gasteiger partial charge >= 0.3 is 0 Å². The standard InChI is InChI=1S/C18H24N2O2.ClH/c1-21-17-7-3-15(4-8-17)13-19-11-12-20-14-16-5-9-18(22-2)10-6-16;/h3-10,19-20H,11-14H2,1-2H3;1H. The Balaban J connectivity index is 0.00000264. The molecule has 0 atom stereocenters. The number of ether oxygens (including phenoxy) is 2. The van der Waals surface area contributed by atoms with E-state index in [1.807, 2.05) is 24.3 Å². The lowest BCUT2D eigenvalue weighted by Crippen LogP contribution is -2.26. The Morgan fingerprint density at radius 1 is 0.652 bits per heavy atom. The van der Waals surface area contributed by atoms with E-state index in [2.05, 4.69) is 34.9 Å². The Labute approximate surface area is 144 Å². The summed E-state index contributed by atoms with van der Waals surface area (Å²) in [6, 6.07) is 16.3. The maximum Gasteiger partial charge on any atom is 0.118 e. The number of halogens is 1. The summed E-state index contributed by atoms with van der Waals surface area (Å²) >= 11 is 0. The molecule has 0 radical (unpaired) electrons. The molecule has 126 valence electrons. The molecular formula is C18H25ClN2O2. The molecule has 2 aromatic rings. The van der Waals surface area contributed by atoms with Gasteiger partial charge in [-0.25, -0.2) is 0 Å². The summed E-state index contributed by atoms with van der Waals surface area (Å²) in [6.07, 6.45) is 0. The lowest BCUT2D eigenvalue weighted by molar-refractivity contribution is 0.414. The van der Waals surface area contributed by atoms with Crippen LogP contribution >= 0.6 is 12.4 Å². The Morgan fingerprint density at radius 3 is 1.30 bits per heavy atom. The first kappa shape index (κ1) is 19.3. The highest BCUT2D eigenvalue weighted by Crippen LogP contribution is 2.11. The molecule has 0 spiro atoms. The topological polar surface area (TPSA) is 42.5 Å². The SMILES string of the molecule is COc1ccc(CNCCNCc2ccc(OC)cc2)cc1.Cl. The Kier molecular flexibility index (Phi) is 9.14. The predicted octanol–water partition coefficient (Wildman–Crippen LogP) is 3.01. The van der Waals surface area contributed by atoms with E-state index in [1.165, 1.54) is 11.1 Å². The molecule has 0 saturated heterocycles. The monoisotopic (exact) mass is 336 g/mol. The highest BCUT2D eigenvalue weighted by Gasteiger charge is 1.96. The van der Waals surface area contributed by atoms with Crippen molar-refractivity contribution in [2.45, 2.75) is 13.1 Å². The van der Waals surface area contributed by atoms with Gasteiger partial charge in [0.1, 0.15) is 11.5 Å². The van der Waals surface area contributed by atoms with Crippen molar-refractivity contribution in [2.24, 2.45) is 0 Å². The first-order chi connectivity index (χ1) is 10.8. The zero-order valence-corrected chi connectivity index (χ0v) is 14.5. The normalized spacial score (nSPS) is 10.0. The zero-order valence-electron chi connectivity index (χ0n) is 13.7. The molecule has 0 aromatic heterocycles. The fourth-order valence-corrected chi connectivity index (χ4v) is 2.13. The summed E-state index contributed by atoms with van der Waals surface area (Å²) in [4.78, 5) is 0. The second kappa shape index (κ2) is 10.9. The third-order valence-electron chi connectivity index (χ3n) is 3.45. The van der Waals surface area contributed by atoms with E-state index in [0.29, 0.717) is 0 Å². The van der Waals surface area contributed by atoms with Crippen LogP contribution in [0.3, 0.4) is 0 Å². The lowest BCUT2D eigenvalue weighted by Gasteiger charge is -2.08. The van der Waals surface area contributed by atoms with Gasteiger partial charge in [-0.1, -0.05) is 24.3 Å². The molecule has 23 heavy (non-hydrogen) atoms. The summed E-state index contributed by atoms with van der Waals surface area (Å²) in [6.45, 7) is 3.60. The van der Waals surface area contributed by atoms with Crippen LogP contribution in [0.15, 0.2) is 48.5 Å². The molecule has 2 N–H and O–H groups in total. The van der Waals surface area contributed by atoms with Gasteiger partial charge < -0.3 is 20.1 Å². The first-order valence-corrected chi connectivity index (χ1v) is 7.49. The minimum Gasteiger partial charge on any atom is -0.497 e. The quantitative estimate of drug-likeness (QED) is 0.691. The molecule has 0 amide bonds. The van der Waals surface area contributed by atoms with Crippen molar-refractivity contribution in [3.8, 4) is 11.5 Å². The van der Waals surface area contributed by atoms with Gasteiger partial charge in [-0.2, -0.15) is 0 Å². The van der Waals surface area contributed by atoms with Crippen molar-refractivity contribution in [3.05, 3.63) is 59.7 Å². The third-order valence-corrected chi connectivity index (χ3v) is 3.45. The van der Waals surface area contributed by atoms with Crippen LogP contribution < -0.4 is 20.1 Å². The van der Waals surface area contributed by atoms with Crippen LogP contribution in [0.4, 0.5) is 0 Å². The minimum absolute atomic E-state index is 0. The van der Waals surface area contributed by atoms with E-state index in [0.717, 1.165) is 37.7 Å². The summed E-state index contributed by atoms with van der Waals surface area (Å²) in [5, 5.41) is 6.84. The zero-order chi connectivity index (χ0) is 15.6. The maximum absolute atomic E-state index is 5.15. The van der Waals surface area contributed by atoms with E-state index in [9.17, 15) is 0 Å². The van der Waals surface area contributed by atoms with E-state index in [-0.39, 0.29) is 12.4 Å². The molecule has 5 heteroatoms. The molecule has 0 aliphatic heterocycles. The fraction of sp³-hybridized carbons (Fsp3) is 0.333. The van der Waals surface area contributed by atoms with Gasteiger partial charge in [0.25, 0.3) is 0 Å². The lowest BCUT2D eigenvalue weighted by atomic mass is 10.2. The first-order valence-electron chi connectivity index (χ1n) is 7.49. The predicted molar refractivity (Wildman–Crippen MR) is 96.6 cm³/mol. The summed E-state index contributed by atoms with van der Waals surface area (Å²) in [7, 11) is 3.36. The summed E-state index contributed by atoms with van der Waals surface area (Å²) in [5.41, 5.74) is 2.52. The van der Waals surface area contributed by atoms with Gasteiger partial charge in [-0.05, 0) is 35.4 Å². The van der Waals surface area contributed by atoms with Crippen molar-refractivity contribution in [1.82, 2.24) is 10.6 Å². The van der Waals surface area contributed by atoms with Crippen LogP contribution in [0.5, 0.6) is 11.5 Å². The van der Waals surface area contributed by atoms with E-state index >= 15 is 0 Å². The number of rotatable bonds is 9. The van der Waals surface area contributed by atoms with Crippen LogP contribution in [0, 0.1) is 0 Å². The third kappa shape index (κ3) is 6.91. The molecule has 0 heterocycles. The largest absolute Gasteiger partial charge is 0.497 e. The Morgan fingerprint density at radius 2 is 1.00 bits per heavy atom. The molecule has 2 rings (SSSR count). The fourth-order valence-electron chi connectivity index (χ4n) is 2.13. The molecule has 0 saturated carbocycles. The van der Waals surface area contributed by atoms with Crippen molar-refractivity contribution in [2.75, 3.05) is 27.3 Å². The van der Waals surface area contributed by atoms with Gasteiger partial charge in [-0.3, -0.25) is 0 Å². The Bertz CT molecular complexity index is 492. The number of methoxy groups -OCH3 is 2. The highest BCUT2D eigenvalue weighted by molar-refractivity contribution is 5.85. The van der Waals surface area contributed by atoms with Gasteiger partial charge in [0.2, 0.25) is 0 Å². The second-order valence-electron chi connectivity index (χ2n) is 5.05. The van der Waals surface area contributed by atoms with Gasteiger partial charge in [0, 0.05) is 26.2 Å². The van der Waals surface area contributed by atoms with Crippen molar-refractivity contribution in [1.29, 1.82) is 0 Å². The van der Waals surface area contributed by atoms with Crippen LogP contribution in [0.1, 0.15) is 11.1 Å². The van der Waals surface area contributed by atoms with Gasteiger partial charge in [-0.15, -0.1) is 12.4 Å². The Hall–Kier alpha value is -1.75. The number of hydrogen-bond acceptors (Lipinski definition) is 4. The van der Waals surface area contributed by atoms with E-state index < -0.39 is 0 Å². The number of hydrogen-bond donors (Lipinski definition) is 2. The molecule has 0 bridgehead atoms. The van der Waals surface area contributed by atoms with Crippen LogP contribution in [0.2, 0.25) is 0 Å². The molecule has 0 unspecified atom stereocenters. The van der Waals surface area contributed by atoms with Crippen LogP contribution in [-0.4, -0.2) is 27.3 Å². The average Bonchev–Trinajstić information content (AvgIpc) is 2.59. The molecule has 2 aromatic carbocycles. The molecule has 0 aliphatic carbocycles. The highest BCUT2D eigenvalue weighted by atomic mass is 35.5. The van der Waals surface area contributed by atoms with Gasteiger partial charge in [0.05, 0.1) is 14.2 Å². The van der Waals surface area contributed by atoms with Crippen molar-refractivity contribution >= 4 is 12.4 Å². The minimum atomic E-state index is 0. The van der Waals surface area contributed by atoms with E-state index in [1.54, 1.807) is 14.2 Å². The van der Waals surface area contributed by atoms with Crippen molar-refractivity contribution in [3.63, 3.8) is 0 Å². The smallest absolute Gasteiger partial charge is 0.118 e. The summed E-state index contributed by atoms with van der Waals surface area (Å²) in [5.74, 6) is 1.79. The number of benzene rings is 2. The molecule has 0 fully saturated rings. The summed E-state index contributed by atoms with van der Waals surface area (Å²) < 4.78 is 10.3. The van der Waals surface area contributed by atoms with Crippen molar-refractivity contribution < 1.29 is 9.47 Å². The second-order valence-corrected chi connectivity index (χ2v) is 5.05. The van der Waals surface area contributed by atoms with Crippen LogP contribution in [0.25, 0.3) is 0 Å². The molecule has 4 nitrogen and oxygen atoms in total. The average molecular weight is 337 g/mol. The molecule has 0 aliphatic rings. The maximum atomic E-state index is 5.15. The molecular weight excluding hydrogens is 312 g/mol. The van der Waals surface area contributed by atoms with Gasteiger partial charge in [0.15, 0.2) is 0 Å². The van der Waals surface area contributed by atoms with E-state index in [4.69, 9.17) is 9.47 Å². The van der Waals surface area contributed by atoms with Crippen LogP contribution in [-0.2, 0) is 13.1 Å².